The second-order valence-electron chi connectivity index (χ2n) is 18.2. The zero-order valence-electron chi connectivity index (χ0n) is 37.6. The summed E-state index contributed by atoms with van der Waals surface area (Å²) >= 11 is 0. The number of hydrogen-bond donors (Lipinski definition) is 0. The van der Waals surface area contributed by atoms with E-state index in [-0.39, 0.29) is 0 Å². The SMILES string of the molecule is c1ccc(-c2nc(-c3ccccc3)nc(-n3c4ccccc4c4cc(-c5c6ccccc6c(-c6ccc7c(c6)oc6cc8c9ccccc9c9ccccc9c8cc67)c6ccccc56)ccc43)n2)cc1. The van der Waals surface area contributed by atoms with Crippen molar-refractivity contribution in [2.24, 2.45) is 0 Å². The van der Waals surface area contributed by atoms with Gasteiger partial charge in [-0.15, -0.1) is 0 Å². The number of furan rings is 1. The van der Waals surface area contributed by atoms with Crippen LogP contribution in [0.25, 0.3) is 149 Å². The molecule has 0 unspecified atom stereocenters. The van der Waals surface area contributed by atoms with Crippen LogP contribution in [0.1, 0.15) is 0 Å². The molecule has 3 heterocycles. The summed E-state index contributed by atoms with van der Waals surface area (Å²) in [6.07, 6.45) is 0. The molecule has 0 N–H and O–H groups in total. The summed E-state index contributed by atoms with van der Waals surface area (Å²) in [6.45, 7) is 0. The minimum atomic E-state index is 0.573. The molecule has 5 heteroatoms. The molecule has 0 bridgehead atoms. The molecule has 70 heavy (non-hydrogen) atoms. The molecule has 0 aliphatic rings. The number of fused-ring (bicyclic) bond motifs is 14. The summed E-state index contributed by atoms with van der Waals surface area (Å²) in [5.41, 5.74) is 10.3. The van der Waals surface area contributed by atoms with Gasteiger partial charge >= 0.3 is 0 Å². The van der Waals surface area contributed by atoms with Gasteiger partial charge in [0.2, 0.25) is 5.95 Å². The molecule has 0 atom stereocenters. The number of hydrogen-bond acceptors (Lipinski definition) is 4. The van der Waals surface area contributed by atoms with Crippen molar-refractivity contribution in [3.8, 4) is 51.0 Å². The lowest BCUT2D eigenvalue weighted by molar-refractivity contribution is 0.669. The van der Waals surface area contributed by atoms with Crippen LogP contribution in [0.15, 0.2) is 235 Å². The highest BCUT2D eigenvalue weighted by atomic mass is 16.3. The summed E-state index contributed by atoms with van der Waals surface area (Å²) in [7, 11) is 0. The van der Waals surface area contributed by atoms with E-state index in [0.29, 0.717) is 17.6 Å². The van der Waals surface area contributed by atoms with Crippen molar-refractivity contribution in [3.63, 3.8) is 0 Å². The molecule has 324 valence electrons. The number of aromatic nitrogens is 4. The normalized spacial score (nSPS) is 12.0. The van der Waals surface area contributed by atoms with Crippen molar-refractivity contribution in [2.75, 3.05) is 0 Å². The van der Waals surface area contributed by atoms with Crippen LogP contribution in [0, 0.1) is 0 Å². The molecule has 0 fully saturated rings. The van der Waals surface area contributed by atoms with Gasteiger partial charge in [-0.05, 0) is 119 Å². The largest absolute Gasteiger partial charge is 0.456 e. The summed E-state index contributed by atoms with van der Waals surface area (Å²) in [4.78, 5) is 15.3. The van der Waals surface area contributed by atoms with Gasteiger partial charge in [-0.3, -0.25) is 4.57 Å². The van der Waals surface area contributed by atoms with Crippen LogP contribution in [0.2, 0.25) is 0 Å². The summed E-state index contributed by atoms with van der Waals surface area (Å²) in [5, 5.41) is 16.7. The van der Waals surface area contributed by atoms with E-state index in [0.717, 1.165) is 66.0 Å². The van der Waals surface area contributed by atoms with E-state index < -0.39 is 0 Å². The number of rotatable bonds is 5. The van der Waals surface area contributed by atoms with E-state index in [1.165, 1.54) is 65.0 Å². The van der Waals surface area contributed by atoms with E-state index in [1.54, 1.807) is 0 Å². The van der Waals surface area contributed by atoms with Crippen molar-refractivity contribution >= 4 is 97.6 Å². The molecule has 3 aromatic heterocycles. The Bertz CT molecular complexity index is 4530. The molecule has 12 aromatic carbocycles. The lowest BCUT2D eigenvalue weighted by Crippen LogP contribution is -2.06. The van der Waals surface area contributed by atoms with Crippen LogP contribution in [0.3, 0.4) is 0 Å². The van der Waals surface area contributed by atoms with E-state index >= 15 is 0 Å². The maximum Gasteiger partial charge on any atom is 0.238 e. The van der Waals surface area contributed by atoms with Gasteiger partial charge in [-0.25, -0.2) is 4.98 Å². The third-order valence-electron chi connectivity index (χ3n) is 14.4. The van der Waals surface area contributed by atoms with Gasteiger partial charge in [0.15, 0.2) is 11.6 Å². The topological polar surface area (TPSA) is 56.7 Å². The number of nitrogens with zero attached hydrogens (tertiary/aromatic N) is 4. The van der Waals surface area contributed by atoms with E-state index in [4.69, 9.17) is 19.4 Å². The molecule has 5 nitrogen and oxygen atoms in total. The van der Waals surface area contributed by atoms with E-state index in [1.807, 2.05) is 60.7 Å². The minimum absolute atomic E-state index is 0.573. The smallest absolute Gasteiger partial charge is 0.238 e. The fourth-order valence-corrected chi connectivity index (χ4v) is 11.3. The maximum atomic E-state index is 6.85. The molecular formula is C65H38N4O. The van der Waals surface area contributed by atoms with Gasteiger partial charge in [0.25, 0.3) is 0 Å². The Morgan fingerprint density at radius 1 is 0.257 bits per heavy atom. The Labute approximate surface area is 401 Å². The fourth-order valence-electron chi connectivity index (χ4n) is 11.3. The zero-order chi connectivity index (χ0) is 45.9. The monoisotopic (exact) mass is 890 g/mol. The highest BCUT2D eigenvalue weighted by Gasteiger charge is 2.22. The van der Waals surface area contributed by atoms with Gasteiger partial charge in [0.05, 0.1) is 11.0 Å². The molecule has 0 aliphatic heterocycles. The van der Waals surface area contributed by atoms with Crippen LogP contribution in [0.5, 0.6) is 0 Å². The van der Waals surface area contributed by atoms with Gasteiger partial charge in [-0.1, -0.05) is 188 Å². The van der Waals surface area contributed by atoms with E-state index in [9.17, 15) is 0 Å². The number of para-hydroxylation sites is 1. The van der Waals surface area contributed by atoms with Crippen LogP contribution in [-0.4, -0.2) is 19.5 Å². The first-order valence-corrected chi connectivity index (χ1v) is 23.8. The fraction of sp³-hybridized carbons (Fsp3) is 0. The molecule has 15 aromatic rings. The van der Waals surface area contributed by atoms with Crippen molar-refractivity contribution in [2.45, 2.75) is 0 Å². The Morgan fingerprint density at radius 3 is 1.26 bits per heavy atom. The molecule has 0 saturated carbocycles. The predicted octanol–water partition coefficient (Wildman–Crippen LogP) is 17.3. The van der Waals surface area contributed by atoms with Gasteiger partial charge in [-0.2, -0.15) is 9.97 Å². The number of benzene rings is 12. The Hall–Kier alpha value is -9.45. The van der Waals surface area contributed by atoms with Crippen molar-refractivity contribution in [3.05, 3.63) is 231 Å². The first-order valence-electron chi connectivity index (χ1n) is 23.8. The zero-order valence-corrected chi connectivity index (χ0v) is 37.6. The Kier molecular flexibility index (Phi) is 8.29. The first kappa shape index (κ1) is 38.6. The van der Waals surface area contributed by atoms with Gasteiger partial charge < -0.3 is 4.42 Å². The molecular weight excluding hydrogens is 853 g/mol. The highest BCUT2D eigenvalue weighted by molar-refractivity contribution is 6.29. The maximum absolute atomic E-state index is 6.85. The second-order valence-corrected chi connectivity index (χ2v) is 18.2. The minimum Gasteiger partial charge on any atom is -0.456 e. The molecule has 15 rings (SSSR count). The van der Waals surface area contributed by atoms with Crippen molar-refractivity contribution in [1.82, 2.24) is 19.5 Å². The van der Waals surface area contributed by atoms with Crippen LogP contribution in [0.4, 0.5) is 0 Å². The summed E-state index contributed by atoms with van der Waals surface area (Å²) in [6, 6.07) is 82.3. The summed E-state index contributed by atoms with van der Waals surface area (Å²) in [5.74, 6) is 1.82. The Balaban J connectivity index is 0.921. The molecule has 0 aliphatic carbocycles. The highest BCUT2D eigenvalue weighted by Crippen LogP contribution is 2.47. The molecule has 0 spiro atoms. The molecule has 0 saturated heterocycles. The first-order chi connectivity index (χ1) is 34.7. The quantitative estimate of drug-likeness (QED) is 0.128. The third-order valence-corrected chi connectivity index (χ3v) is 14.4. The van der Waals surface area contributed by atoms with Crippen LogP contribution in [-0.2, 0) is 0 Å². The average Bonchev–Trinajstić information content (AvgIpc) is 3.96. The van der Waals surface area contributed by atoms with Crippen molar-refractivity contribution < 1.29 is 4.42 Å². The predicted molar refractivity (Wildman–Crippen MR) is 291 cm³/mol. The Morgan fingerprint density at radius 2 is 0.686 bits per heavy atom. The van der Waals surface area contributed by atoms with Crippen LogP contribution >= 0.6 is 0 Å². The third kappa shape index (κ3) is 5.76. The standard InChI is InChI=1S/C65H38N4O/c1-3-17-39(18-4-1)63-66-64(40-19-5-2-6-20-40)68-65(67-63)69-57-30-16-15-25-47(57)55-35-41(32-34-58(55)69)61-49-26-11-13-28-51(49)62(52-29-14-12-27-50(52)61)42-31-33-48-56-37-53-45-23-9-7-21-43(45)44-22-8-10-24-46(44)54(53)38-60(56)70-59(48)36-42/h1-38H. The van der Waals surface area contributed by atoms with Crippen LogP contribution < -0.4 is 0 Å². The second kappa shape index (κ2) is 15.0. The lowest BCUT2D eigenvalue weighted by atomic mass is 9.85. The average molecular weight is 891 g/mol. The van der Waals surface area contributed by atoms with E-state index in [2.05, 4.69) is 174 Å². The van der Waals surface area contributed by atoms with Gasteiger partial charge in [0, 0.05) is 32.7 Å². The molecule has 0 radical (unpaired) electrons. The molecule has 0 amide bonds. The lowest BCUT2D eigenvalue weighted by Gasteiger charge is -2.18. The van der Waals surface area contributed by atoms with Crippen molar-refractivity contribution in [1.29, 1.82) is 0 Å². The van der Waals surface area contributed by atoms with Gasteiger partial charge in [0.1, 0.15) is 11.2 Å². The summed E-state index contributed by atoms with van der Waals surface area (Å²) < 4.78 is 9.04.